The lowest BCUT2D eigenvalue weighted by atomic mass is 10.1. The molecule has 0 spiro atoms. The van der Waals surface area contributed by atoms with Gasteiger partial charge in [-0.25, -0.2) is 4.79 Å². The highest BCUT2D eigenvalue weighted by atomic mass is 19.4. The van der Waals surface area contributed by atoms with E-state index in [9.17, 15) is 22.8 Å². The van der Waals surface area contributed by atoms with Gasteiger partial charge < -0.3 is 15.4 Å². The smallest absolute Gasteiger partial charge is 0.416 e. The summed E-state index contributed by atoms with van der Waals surface area (Å²) >= 11 is 0. The van der Waals surface area contributed by atoms with Crippen LogP contribution in [0.4, 0.5) is 29.3 Å². The van der Waals surface area contributed by atoms with Crippen LogP contribution in [-0.4, -0.2) is 30.0 Å². The zero-order valence-corrected chi connectivity index (χ0v) is 21.0. The number of nitrogens with zero attached hydrogens (tertiary/aromatic N) is 2. The van der Waals surface area contributed by atoms with Crippen molar-refractivity contribution in [3.05, 3.63) is 77.6 Å². The number of ether oxygens (including phenoxy) is 1. The minimum Gasteiger partial charge on any atom is -0.457 e. The predicted molar refractivity (Wildman–Crippen MR) is 139 cm³/mol. The van der Waals surface area contributed by atoms with E-state index in [-0.39, 0.29) is 17.3 Å². The second-order valence-corrected chi connectivity index (χ2v) is 9.00. The third-order valence-electron chi connectivity index (χ3n) is 6.15. The number of hydrogen-bond donors (Lipinski definition) is 2. The van der Waals surface area contributed by atoms with Gasteiger partial charge in [0.15, 0.2) is 0 Å². The summed E-state index contributed by atoms with van der Waals surface area (Å²) in [4.78, 5) is 30.8. The molecule has 7 nitrogen and oxygen atoms in total. The summed E-state index contributed by atoms with van der Waals surface area (Å²) in [6, 6.07) is 12.5. The number of rotatable bonds is 9. The molecule has 200 valence electrons. The lowest BCUT2D eigenvalue weighted by Crippen LogP contribution is -2.33. The maximum absolute atomic E-state index is 13.0. The lowest BCUT2D eigenvalue weighted by Gasteiger charge is -2.19. The van der Waals surface area contributed by atoms with Crippen molar-refractivity contribution in [2.24, 2.45) is 0 Å². The van der Waals surface area contributed by atoms with Crippen molar-refractivity contribution in [2.45, 2.75) is 45.2 Å². The topological polar surface area (TPSA) is 83.6 Å². The van der Waals surface area contributed by atoms with Crippen LogP contribution in [-0.2, 0) is 12.6 Å². The van der Waals surface area contributed by atoms with Crippen molar-refractivity contribution in [1.29, 1.82) is 0 Å². The molecular formula is C28H29F3N4O3. The Morgan fingerprint density at radius 3 is 2.63 bits per heavy atom. The van der Waals surface area contributed by atoms with Crippen LogP contribution in [0.15, 0.2) is 60.8 Å². The van der Waals surface area contributed by atoms with Crippen molar-refractivity contribution in [2.75, 3.05) is 23.3 Å². The summed E-state index contributed by atoms with van der Waals surface area (Å²) in [5.41, 5.74) is 1.01. The molecule has 0 radical (unpaired) electrons. The number of alkyl halides is 3. The third kappa shape index (κ3) is 6.81. The molecule has 3 amide bonds. The van der Waals surface area contributed by atoms with Gasteiger partial charge in [-0.1, -0.05) is 32.3 Å². The van der Waals surface area contributed by atoms with Gasteiger partial charge in [0.1, 0.15) is 17.2 Å². The highest BCUT2D eigenvalue weighted by molar-refractivity contribution is 6.03. The first kappa shape index (κ1) is 27.0. The maximum Gasteiger partial charge on any atom is 0.416 e. The van der Waals surface area contributed by atoms with Gasteiger partial charge in [-0.15, -0.1) is 0 Å². The number of fused-ring (bicyclic) bond motifs is 1. The normalized spacial score (nSPS) is 12.7. The fourth-order valence-electron chi connectivity index (χ4n) is 4.20. The zero-order valence-electron chi connectivity index (χ0n) is 21.0. The summed E-state index contributed by atoms with van der Waals surface area (Å²) < 4.78 is 44.9. The quantitative estimate of drug-likeness (QED) is 0.301. The van der Waals surface area contributed by atoms with Crippen LogP contribution < -0.4 is 20.3 Å². The van der Waals surface area contributed by atoms with E-state index in [1.54, 1.807) is 30.3 Å². The molecule has 1 aromatic heterocycles. The van der Waals surface area contributed by atoms with Gasteiger partial charge in [0.25, 0.3) is 5.91 Å². The number of benzene rings is 2. The number of nitrogens with one attached hydrogen (secondary N) is 2. The van der Waals surface area contributed by atoms with Gasteiger partial charge >= 0.3 is 12.2 Å². The van der Waals surface area contributed by atoms with Gasteiger partial charge in [-0.05, 0) is 60.9 Å². The van der Waals surface area contributed by atoms with E-state index in [4.69, 9.17) is 4.74 Å². The SMILES string of the molecule is CCCCCCNC(=O)c1cc(Oc2ccc3c(c2)CCN3C(=O)Nc2cccc(C(F)(F)F)c2)ccn1. The third-order valence-corrected chi connectivity index (χ3v) is 6.15. The molecule has 2 N–H and O–H groups in total. The largest absolute Gasteiger partial charge is 0.457 e. The molecule has 0 atom stereocenters. The van der Waals surface area contributed by atoms with Crippen molar-refractivity contribution in [3.63, 3.8) is 0 Å². The Balaban J connectivity index is 1.38. The number of urea groups is 1. The van der Waals surface area contributed by atoms with E-state index in [0.717, 1.165) is 43.4 Å². The van der Waals surface area contributed by atoms with E-state index in [1.807, 2.05) is 0 Å². The molecule has 0 bridgehead atoms. The van der Waals surface area contributed by atoms with E-state index in [1.165, 1.54) is 23.2 Å². The molecule has 0 saturated carbocycles. The summed E-state index contributed by atoms with van der Waals surface area (Å²) in [6.45, 7) is 3.10. The van der Waals surface area contributed by atoms with E-state index < -0.39 is 17.8 Å². The summed E-state index contributed by atoms with van der Waals surface area (Å²) in [5.74, 6) is 0.720. The first-order chi connectivity index (χ1) is 18.2. The molecule has 1 aliphatic rings. The molecule has 0 aliphatic carbocycles. The molecule has 3 aromatic rings. The van der Waals surface area contributed by atoms with Crippen molar-refractivity contribution in [3.8, 4) is 11.5 Å². The predicted octanol–water partition coefficient (Wildman–Crippen LogP) is 6.80. The number of carbonyl (C=O) groups is 2. The van der Waals surface area contributed by atoms with Gasteiger partial charge in [-0.3, -0.25) is 14.7 Å². The van der Waals surface area contributed by atoms with Crippen LogP contribution in [0, 0.1) is 0 Å². The van der Waals surface area contributed by atoms with Gasteiger partial charge in [0.2, 0.25) is 0 Å². The molecule has 0 unspecified atom stereocenters. The average molecular weight is 527 g/mol. The highest BCUT2D eigenvalue weighted by Gasteiger charge is 2.31. The fourth-order valence-corrected chi connectivity index (χ4v) is 4.20. The number of amides is 3. The van der Waals surface area contributed by atoms with E-state index >= 15 is 0 Å². The van der Waals surface area contributed by atoms with Crippen LogP contribution in [0.2, 0.25) is 0 Å². The monoisotopic (exact) mass is 526 g/mol. The van der Waals surface area contributed by atoms with Crippen LogP contribution in [0.3, 0.4) is 0 Å². The first-order valence-corrected chi connectivity index (χ1v) is 12.6. The molecule has 2 aromatic carbocycles. The molecule has 38 heavy (non-hydrogen) atoms. The Morgan fingerprint density at radius 1 is 1.03 bits per heavy atom. The van der Waals surface area contributed by atoms with E-state index in [2.05, 4.69) is 22.5 Å². The Morgan fingerprint density at radius 2 is 1.84 bits per heavy atom. The number of halogens is 3. The number of hydrogen-bond acceptors (Lipinski definition) is 4. The molecule has 4 rings (SSSR count). The number of pyridine rings is 1. The molecular weight excluding hydrogens is 497 g/mol. The molecule has 10 heteroatoms. The van der Waals surface area contributed by atoms with Crippen molar-refractivity contribution >= 4 is 23.3 Å². The summed E-state index contributed by atoms with van der Waals surface area (Å²) in [7, 11) is 0. The Labute approximate surface area is 219 Å². The minimum atomic E-state index is -4.50. The minimum absolute atomic E-state index is 0.0664. The molecule has 0 fully saturated rings. The lowest BCUT2D eigenvalue weighted by molar-refractivity contribution is -0.137. The van der Waals surface area contributed by atoms with Gasteiger partial charge in [0.05, 0.1) is 5.56 Å². The first-order valence-electron chi connectivity index (χ1n) is 12.6. The van der Waals surface area contributed by atoms with Crippen LogP contribution in [0.1, 0.15) is 54.2 Å². The summed E-state index contributed by atoms with van der Waals surface area (Å²) in [5, 5.41) is 5.41. The average Bonchev–Trinajstić information content (AvgIpc) is 3.32. The molecule has 0 saturated heterocycles. The Bertz CT molecular complexity index is 1300. The Kier molecular flexibility index (Phi) is 8.50. The number of unbranched alkanes of at least 4 members (excludes halogenated alkanes) is 3. The van der Waals surface area contributed by atoms with Crippen molar-refractivity contribution in [1.82, 2.24) is 10.3 Å². The maximum atomic E-state index is 13.0. The highest BCUT2D eigenvalue weighted by Crippen LogP contribution is 2.34. The van der Waals surface area contributed by atoms with Crippen LogP contribution in [0.25, 0.3) is 0 Å². The van der Waals surface area contributed by atoms with E-state index in [0.29, 0.717) is 36.7 Å². The second kappa shape index (κ2) is 12.0. The number of aromatic nitrogens is 1. The number of anilines is 2. The number of carbonyl (C=O) groups excluding carboxylic acids is 2. The zero-order chi connectivity index (χ0) is 27.1. The summed E-state index contributed by atoms with van der Waals surface area (Å²) in [6.07, 6.45) is 1.82. The molecule has 2 heterocycles. The standard InChI is InChI=1S/C28H29F3N4O3/c1-2-3-4-5-13-33-26(36)24-18-23(11-14-32-24)38-22-9-10-25-19(16-22)12-15-35(25)27(37)34-21-8-6-7-20(17-21)28(29,30)31/h6-11,14,16-18H,2-5,12-13,15H2,1H3,(H,33,36)(H,34,37). The molecule has 1 aliphatic heterocycles. The van der Waals surface area contributed by atoms with Gasteiger partial charge in [0, 0.05) is 36.7 Å². The van der Waals surface area contributed by atoms with Crippen LogP contribution in [0.5, 0.6) is 11.5 Å². The van der Waals surface area contributed by atoms with Gasteiger partial charge in [-0.2, -0.15) is 13.2 Å². The fraction of sp³-hybridized carbons (Fsp3) is 0.321. The van der Waals surface area contributed by atoms with Crippen LogP contribution >= 0.6 is 0 Å². The Hall–Kier alpha value is -4.08. The second-order valence-electron chi connectivity index (χ2n) is 9.00. The van der Waals surface area contributed by atoms with Crippen molar-refractivity contribution < 1.29 is 27.5 Å².